The molecule has 5 nitrogen and oxygen atoms in total. The molecule has 0 amide bonds. The average Bonchev–Trinajstić information content (AvgIpc) is 2.44. The van der Waals surface area contributed by atoms with Crippen molar-refractivity contribution in [2.45, 2.75) is 39.0 Å². The second-order valence-electron chi connectivity index (χ2n) is 4.81. The predicted molar refractivity (Wildman–Crippen MR) is 73.2 cm³/mol. The summed E-state index contributed by atoms with van der Waals surface area (Å²) in [6.45, 7) is 2.89. The third-order valence-electron chi connectivity index (χ3n) is 3.42. The summed E-state index contributed by atoms with van der Waals surface area (Å²) < 4.78 is 4.94. The van der Waals surface area contributed by atoms with E-state index in [0.29, 0.717) is 19.6 Å². The maximum Gasteiger partial charge on any atom is 0.307 e. The number of rotatable bonds is 5. The summed E-state index contributed by atoms with van der Waals surface area (Å²) in [5.74, 6) is 0.811. The Hall–Kier alpha value is -1.65. The summed E-state index contributed by atoms with van der Waals surface area (Å²) in [5.41, 5.74) is 2.42. The quantitative estimate of drug-likeness (QED) is 0.757. The van der Waals surface area contributed by atoms with Gasteiger partial charge >= 0.3 is 5.97 Å². The van der Waals surface area contributed by atoms with E-state index < -0.39 is 0 Å². The number of esters is 1. The molecular formula is C14H21N3O2. The number of aromatic nitrogens is 2. The van der Waals surface area contributed by atoms with Crippen LogP contribution in [0.15, 0.2) is 6.33 Å². The van der Waals surface area contributed by atoms with Crippen molar-refractivity contribution in [3.05, 3.63) is 17.6 Å². The van der Waals surface area contributed by atoms with Gasteiger partial charge in [-0.15, -0.1) is 0 Å². The fourth-order valence-electron chi connectivity index (χ4n) is 2.43. The SMILES string of the molecule is CCOC(=O)CCN(C)c1ncnc2c1CCCC2. The lowest BCUT2D eigenvalue weighted by Crippen LogP contribution is -2.25. The van der Waals surface area contributed by atoms with Crippen molar-refractivity contribution >= 4 is 11.8 Å². The first kappa shape index (κ1) is 13.8. The van der Waals surface area contributed by atoms with E-state index in [1.54, 1.807) is 6.33 Å². The number of hydrogen-bond donors (Lipinski definition) is 0. The first-order valence-corrected chi connectivity index (χ1v) is 6.92. The topological polar surface area (TPSA) is 55.3 Å². The van der Waals surface area contributed by atoms with Gasteiger partial charge in [0.05, 0.1) is 13.0 Å². The average molecular weight is 263 g/mol. The first-order chi connectivity index (χ1) is 9.22. The lowest BCUT2D eigenvalue weighted by atomic mass is 9.96. The highest BCUT2D eigenvalue weighted by Crippen LogP contribution is 2.26. The maximum absolute atomic E-state index is 11.4. The molecular weight excluding hydrogens is 242 g/mol. The highest BCUT2D eigenvalue weighted by molar-refractivity contribution is 5.70. The summed E-state index contributed by atoms with van der Waals surface area (Å²) in [7, 11) is 1.97. The number of carbonyl (C=O) groups excluding carboxylic acids is 1. The molecule has 5 heteroatoms. The van der Waals surface area contributed by atoms with E-state index >= 15 is 0 Å². The number of ether oxygens (including phenoxy) is 1. The minimum Gasteiger partial charge on any atom is -0.466 e. The highest BCUT2D eigenvalue weighted by Gasteiger charge is 2.18. The van der Waals surface area contributed by atoms with Crippen molar-refractivity contribution in [2.24, 2.45) is 0 Å². The summed E-state index contributed by atoms with van der Waals surface area (Å²) in [4.78, 5) is 22.2. The molecule has 104 valence electrons. The molecule has 1 aromatic rings. The van der Waals surface area contributed by atoms with Crippen LogP contribution in [-0.4, -0.2) is 36.1 Å². The van der Waals surface area contributed by atoms with Gasteiger partial charge < -0.3 is 9.64 Å². The Balaban J connectivity index is 2.03. The molecule has 0 bridgehead atoms. The minimum absolute atomic E-state index is 0.155. The van der Waals surface area contributed by atoms with Gasteiger partial charge in [0.1, 0.15) is 12.1 Å². The highest BCUT2D eigenvalue weighted by atomic mass is 16.5. The summed E-state index contributed by atoms with van der Waals surface area (Å²) >= 11 is 0. The van der Waals surface area contributed by atoms with Crippen LogP contribution in [0.2, 0.25) is 0 Å². The molecule has 0 atom stereocenters. The molecule has 0 aromatic carbocycles. The second kappa shape index (κ2) is 6.50. The Morgan fingerprint density at radius 1 is 1.37 bits per heavy atom. The predicted octanol–water partition coefficient (Wildman–Crippen LogP) is 1.74. The van der Waals surface area contributed by atoms with Crippen LogP contribution in [0, 0.1) is 0 Å². The molecule has 0 saturated heterocycles. The Labute approximate surface area is 114 Å². The van der Waals surface area contributed by atoms with Crippen molar-refractivity contribution in [2.75, 3.05) is 25.1 Å². The molecule has 0 aliphatic heterocycles. The largest absolute Gasteiger partial charge is 0.466 e. The Kier molecular flexibility index (Phi) is 4.71. The number of anilines is 1. The van der Waals surface area contributed by atoms with Gasteiger partial charge in [0.25, 0.3) is 0 Å². The Morgan fingerprint density at radius 3 is 2.95 bits per heavy atom. The molecule has 1 aliphatic rings. The van der Waals surface area contributed by atoms with Crippen LogP contribution in [0.1, 0.15) is 37.4 Å². The molecule has 19 heavy (non-hydrogen) atoms. The van der Waals surface area contributed by atoms with Crippen LogP contribution >= 0.6 is 0 Å². The van der Waals surface area contributed by atoms with E-state index in [0.717, 1.165) is 18.7 Å². The van der Waals surface area contributed by atoms with Gasteiger partial charge in [-0.25, -0.2) is 9.97 Å². The lowest BCUT2D eigenvalue weighted by Gasteiger charge is -2.24. The second-order valence-corrected chi connectivity index (χ2v) is 4.81. The number of hydrogen-bond acceptors (Lipinski definition) is 5. The molecule has 1 heterocycles. The van der Waals surface area contributed by atoms with Gasteiger partial charge in [0, 0.05) is 24.8 Å². The fourth-order valence-corrected chi connectivity index (χ4v) is 2.43. The van der Waals surface area contributed by atoms with Crippen LogP contribution in [0.25, 0.3) is 0 Å². The monoisotopic (exact) mass is 263 g/mol. The summed E-state index contributed by atoms with van der Waals surface area (Å²) in [6.07, 6.45) is 6.49. The zero-order valence-corrected chi connectivity index (χ0v) is 11.7. The van der Waals surface area contributed by atoms with Crippen LogP contribution in [0.5, 0.6) is 0 Å². The zero-order valence-electron chi connectivity index (χ0n) is 11.7. The first-order valence-electron chi connectivity index (χ1n) is 6.92. The van der Waals surface area contributed by atoms with E-state index in [-0.39, 0.29) is 5.97 Å². The van der Waals surface area contributed by atoms with Crippen molar-refractivity contribution in [1.82, 2.24) is 9.97 Å². The zero-order chi connectivity index (χ0) is 13.7. The third-order valence-corrected chi connectivity index (χ3v) is 3.42. The van der Waals surface area contributed by atoms with Crippen LogP contribution in [0.4, 0.5) is 5.82 Å². The van der Waals surface area contributed by atoms with E-state index in [2.05, 4.69) is 9.97 Å². The Bertz CT molecular complexity index is 448. The smallest absolute Gasteiger partial charge is 0.307 e. The molecule has 1 aliphatic carbocycles. The van der Waals surface area contributed by atoms with Crippen molar-refractivity contribution in [1.29, 1.82) is 0 Å². The van der Waals surface area contributed by atoms with Crippen LogP contribution in [-0.2, 0) is 22.4 Å². The van der Waals surface area contributed by atoms with Gasteiger partial charge in [-0.2, -0.15) is 0 Å². The molecule has 0 N–H and O–H groups in total. The summed E-state index contributed by atoms with van der Waals surface area (Å²) in [6, 6.07) is 0. The lowest BCUT2D eigenvalue weighted by molar-refractivity contribution is -0.142. The maximum atomic E-state index is 11.4. The number of nitrogens with zero attached hydrogens (tertiary/aromatic N) is 3. The van der Waals surface area contributed by atoms with Gasteiger partial charge in [0.2, 0.25) is 0 Å². The number of carbonyl (C=O) groups is 1. The molecule has 0 radical (unpaired) electrons. The molecule has 2 rings (SSSR count). The van der Waals surface area contributed by atoms with Crippen molar-refractivity contribution < 1.29 is 9.53 Å². The van der Waals surface area contributed by atoms with Gasteiger partial charge in [0.15, 0.2) is 0 Å². The van der Waals surface area contributed by atoms with Gasteiger partial charge in [-0.05, 0) is 32.6 Å². The molecule has 0 saturated carbocycles. The fraction of sp³-hybridized carbons (Fsp3) is 0.643. The van der Waals surface area contributed by atoms with Gasteiger partial charge in [-0.3, -0.25) is 4.79 Å². The molecule has 0 fully saturated rings. The number of aryl methyl sites for hydroxylation is 1. The van der Waals surface area contributed by atoms with Crippen LogP contribution < -0.4 is 4.90 Å². The Morgan fingerprint density at radius 2 is 2.16 bits per heavy atom. The molecule has 0 unspecified atom stereocenters. The third kappa shape index (κ3) is 3.43. The molecule has 0 spiro atoms. The van der Waals surface area contributed by atoms with E-state index in [1.165, 1.54) is 24.1 Å². The van der Waals surface area contributed by atoms with E-state index in [4.69, 9.17) is 4.74 Å². The minimum atomic E-state index is -0.155. The van der Waals surface area contributed by atoms with Gasteiger partial charge in [-0.1, -0.05) is 0 Å². The van der Waals surface area contributed by atoms with Crippen molar-refractivity contribution in [3.8, 4) is 0 Å². The summed E-state index contributed by atoms with van der Waals surface area (Å²) in [5, 5.41) is 0. The number of fused-ring (bicyclic) bond motifs is 1. The molecule has 1 aromatic heterocycles. The van der Waals surface area contributed by atoms with E-state index in [9.17, 15) is 4.79 Å². The normalized spacial score (nSPS) is 13.8. The standard InChI is InChI=1S/C14H21N3O2/c1-3-19-13(18)8-9-17(2)14-11-6-4-5-7-12(11)15-10-16-14/h10H,3-9H2,1-2H3. The van der Waals surface area contributed by atoms with Crippen molar-refractivity contribution in [3.63, 3.8) is 0 Å². The van der Waals surface area contributed by atoms with E-state index in [1.807, 2.05) is 18.9 Å². The van der Waals surface area contributed by atoms with Crippen LogP contribution in [0.3, 0.4) is 0 Å².